The Morgan fingerprint density at radius 3 is 2.14 bits per heavy atom. The molecule has 2 N–H and O–H groups in total. The Kier molecular flexibility index (Phi) is 8.89. The third-order valence-electron chi connectivity index (χ3n) is 1.50. The largest absolute Gasteiger partial charge is 0.461 e. The summed E-state index contributed by atoms with van der Waals surface area (Å²) in [5.41, 5.74) is 5.43. The summed E-state index contributed by atoms with van der Waals surface area (Å²) in [5, 5.41) is 0. The van der Waals surface area contributed by atoms with Gasteiger partial charge in [-0.15, -0.1) is 11.6 Å². The third kappa shape index (κ3) is 6.92. The van der Waals surface area contributed by atoms with Gasteiger partial charge in [0.05, 0.1) is 0 Å². The Morgan fingerprint density at radius 1 is 1.43 bits per heavy atom. The molecule has 0 radical (unpaired) electrons. The number of hydrogen-bond donors (Lipinski definition) is 1. The van der Waals surface area contributed by atoms with E-state index in [1.165, 1.54) is 6.38 Å². The molecule has 0 unspecified atom stereocenters. The maximum absolute atomic E-state index is 11.2. The fourth-order valence-electron chi connectivity index (χ4n) is 0.545. The van der Waals surface area contributed by atoms with Gasteiger partial charge in [0, 0.05) is 18.5 Å². The molecule has 0 atom stereocenters. The average molecular weight is 222 g/mol. The first-order valence-electron chi connectivity index (χ1n) is 4.34. The second-order valence-corrected chi connectivity index (χ2v) is 3.65. The number of hydrogen-bond acceptors (Lipinski definition) is 3. The Bertz CT molecular complexity index is 185. The molecule has 0 heterocycles. The van der Waals surface area contributed by atoms with Crippen molar-refractivity contribution in [1.82, 2.24) is 0 Å². The molecule has 14 heavy (non-hydrogen) atoms. The molecule has 0 saturated carbocycles. The molecular formula is C10H20ClNO2. The second-order valence-electron chi connectivity index (χ2n) is 3.65. The minimum absolute atomic E-state index is 0.230. The minimum atomic E-state index is -0.354. The van der Waals surface area contributed by atoms with Gasteiger partial charge in [-0.05, 0) is 5.41 Å². The molecular weight excluding hydrogens is 202 g/mol. The molecule has 3 nitrogen and oxygen atoms in total. The van der Waals surface area contributed by atoms with Crippen LogP contribution in [0, 0.1) is 5.41 Å². The van der Waals surface area contributed by atoms with Crippen molar-refractivity contribution < 1.29 is 9.53 Å². The number of ether oxygens (including phenoxy) is 1. The van der Waals surface area contributed by atoms with Crippen LogP contribution in [0.15, 0.2) is 12.2 Å². The van der Waals surface area contributed by atoms with Crippen molar-refractivity contribution >= 4 is 17.6 Å². The number of carbonyl (C=O) groups is 1. The number of halogens is 1. The molecule has 0 rings (SSSR count). The lowest BCUT2D eigenvalue weighted by atomic mass is 9.88. The van der Waals surface area contributed by atoms with E-state index in [1.807, 2.05) is 20.8 Å². The van der Waals surface area contributed by atoms with Crippen molar-refractivity contribution in [2.75, 3.05) is 19.5 Å². The fraction of sp³-hybridized carbons (Fsp3) is 0.700. The number of rotatable bonds is 3. The zero-order valence-electron chi connectivity index (χ0n) is 9.39. The van der Waals surface area contributed by atoms with Crippen molar-refractivity contribution in [3.63, 3.8) is 0 Å². The molecule has 0 aliphatic rings. The van der Waals surface area contributed by atoms with E-state index in [9.17, 15) is 4.79 Å². The fourth-order valence-corrected chi connectivity index (χ4v) is 0.545. The summed E-state index contributed by atoms with van der Waals surface area (Å²) in [6.07, 6.45) is 1.47. The van der Waals surface area contributed by atoms with Crippen LogP contribution >= 0.6 is 11.6 Å². The standard InChI is InChI=1S/C9H17NO2.CH3Cl/c1-7(9(2,3)4)8(11)12-6-5-10;1-2/h1,5-6,10H2,2-4H3;1H3. The zero-order chi connectivity index (χ0) is 11.8. The first-order chi connectivity index (χ1) is 6.39. The average Bonchev–Trinajstić information content (AvgIpc) is 2.14. The Balaban J connectivity index is 0. The minimum Gasteiger partial charge on any atom is -0.461 e. The summed E-state index contributed by atoms with van der Waals surface area (Å²) in [6, 6.07) is 0. The van der Waals surface area contributed by atoms with Crippen LogP contribution in [-0.4, -0.2) is 25.5 Å². The van der Waals surface area contributed by atoms with E-state index in [1.54, 1.807) is 0 Å². The SMILES string of the molecule is C=C(C(=O)OCCN)C(C)(C)C.CCl. The molecule has 0 aromatic carbocycles. The van der Waals surface area contributed by atoms with Crippen LogP contribution in [-0.2, 0) is 9.53 Å². The summed E-state index contributed by atoms with van der Waals surface area (Å²) in [5.74, 6) is -0.354. The highest BCUT2D eigenvalue weighted by Gasteiger charge is 2.22. The van der Waals surface area contributed by atoms with E-state index < -0.39 is 0 Å². The third-order valence-corrected chi connectivity index (χ3v) is 1.50. The van der Waals surface area contributed by atoms with E-state index in [0.29, 0.717) is 12.1 Å². The molecule has 4 heteroatoms. The van der Waals surface area contributed by atoms with Crippen LogP contribution in [0.4, 0.5) is 0 Å². The summed E-state index contributed by atoms with van der Waals surface area (Å²) < 4.78 is 4.82. The van der Waals surface area contributed by atoms with Gasteiger partial charge in [0.1, 0.15) is 6.61 Å². The highest BCUT2D eigenvalue weighted by atomic mass is 35.5. The Labute approximate surface area is 91.3 Å². The number of esters is 1. The van der Waals surface area contributed by atoms with Gasteiger partial charge < -0.3 is 10.5 Å². The molecule has 0 amide bonds. The normalized spacial score (nSPS) is 9.86. The Morgan fingerprint density at radius 2 is 1.86 bits per heavy atom. The van der Waals surface area contributed by atoms with E-state index >= 15 is 0 Å². The molecule has 0 aromatic heterocycles. The quantitative estimate of drug-likeness (QED) is 0.450. The van der Waals surface area contributed by atoms with Crippen LogP contribution in [0.25, 0.3) is 0 Å². The van der Waals surface area contributed by atoms with Crippen LogP contribution in [0.1, 0.15) is 20.8 Å². The maximum atomic E-state index is 11.2. The van der Waals surface area contributed by atoms with Gasteiger partial charge in [0.25, 0.3) is 0 Å². The monoisotopic (exact) mass is 221 g/mol. The highest BCUT2D eigenvalue weighted by molar-refractivity contribution is 6.15. The van der Waals surface area contributed by atoms with Gasteiger partial charge in [-0.3, -0.25) is 0 Å². The van der Waals surface area contributed by atoms with Crippen LogP contribution < -0.4 is 5.73 Å². The summed E-state index contributed by atoms with van der Waals surface area (Å²) in [7, 11) is 0. The van der Waals surface area contributed by atoms with Crippen LogP contribution in [0.5, 0.6) is 0 Å². The predicted octanol–water partition coefficient (Wildman–Crippen LogP) is 1.95. The number of carbonyl (C=O) groups excluding carboxylic acids is 1. The lowest BCUT2D eigenvalue weighted by Gasteiger charge is -2.19. The van der Waals surface area contributed by atoms with Crippen molar-refractivity contribution in [1.29, 1.82) is 0 Å². The zero-order valence-corrected chi connectivity index (χ0v) is 10.1. The van der Waals surface area contributed by atoms with Crippen molar-refractivity contribution in [2.24, 2.45) is 11.1 Å². The topological polar surface area (TPSA) is 52.3 Å². The number of nitrogens with two attached hydrogens (primary N) is 1. The van der Waals surface area contributed by atoms with E-state index in [-0.39, 0.29) is 18.0 Å². The summed E-state index contributed by atoms with van der Waals surface area (Å²) in [6.45, 7) is 10.0. The lowest BCUT2D eigenvalue weighted by molar-refractivity contribution is -0.139. The van der Waals surface area contributed by atoms with Gasteiger partial charge in [-0.1, -0.05) is 27.4 Å². The summed E-state index contributed by atoms with van der Waals surface area (Å²) >= 11 is 4.64. The molecule has 0 saturated heterocycles. The van der Waals surface area contributed by atoms with Gasteiger partial charge in [-0.2, -0.15) is 0 Å². The Hall–Kier alpha value is -0.540. The van der Waals surface area contributed by atoms with Crippen molar-refractivity contribution in [3.05, 3.63) is 12.2 Å². The highest BCUT2D eigenvalue weighted by Crippen LogP contribution is 2.24. The van der Waals surface area contributed by atoms with E-state index in [0.717, 1.165) is 0 Å². The molecule has 0 spiro atoms. The molecule has 0 fully saturated rings. The molecule has 0 aliphatic carbocycles. The lowest BCUT2D eigenvalue weighted by Crippen LogP contribution is -2.21. The van der Waals surface area contributed by atoms with Crippen LogP contribution in [0.3, 0.4) is 0 Å². The predicted molar refractivity (Wildman–Crippen MR) is 60.4 cm³/mol. The first-order valence-corrected chi connectivity index (χ1v) is 5.09. The smallest absolute Gasteiger partial charge is 0.333 e. The van der Waals surface area contributed by atoms with Gasteiger partial charge >= 0.3 is 5.97 Å². The number of alkyl halides is 1. The first kappa shape index (κ1) is 15.9. The molecule has 0 bridgehead atoms. The molecule has 0 aliphatic heterocycles. The molecule has 84 valence electrons. The van der Waals surface area contributed by atoms with Crippen LogP contribution in [0.2, 0.25) is 0 Å². The van der Waals surface area contributed by atoms with Crippen molar-refractivity contribution in [3.8, 4) is 0 Å². The van der Waals surface area contributed by atoms with E-state index in [4.69, 9.17) is 10.5 Å². The van der Waals surface area contributed by atoms with Gasteiger partial charge in [0.2, 0.25) is 0 Å². The maximum Gasteiger partial charge on any atom is 0.333 e. The second kappa shape index (κ2) is 7.83. The van der Waals surface area contributed by atoms with E-state index in [2.05, 4.69) is 18.2 Å². The van der Waals surface area contributed by atoms with Gasteiger partial charge in [-0.25, -0.2) is 4.79 Å². The summed E-state index contributed by atoms with van der Waals surface area (Å²) in [4.78, 5) is 11.2. The van der Waals surface area contributed by atoms with Gasteiger partial charge in [0.15, 0.2) is 0 Å². The molecule has 0 aromatic rings. The van der Waals surface area contributed by atoms with Crippen molar-refractivity contribution in [2.45, 2.75) is 20.8 Å².